The number of para-hydroxylation sites is 1. The first-order chi connectivity index (χ1) is 8.99. The van der Waals surface area contributed by atoms with Crippen LogP contribution in [0.25, 0.3) is 0 Å². The second-order valence-electron chi connectivity index (χ2n) is 3.83. The minimum Gasteiger partial charge on any atom is -0.489 e. The van der Waals surface area contributed by atoms with E-state index in [9.17, 15) is 14.9 Å². The summed E-state index contributed by atoms with van der Waals surface area (Å²) in [4.78, 5) is 25.2. The van der Waals surface area contributed by atoms with E-state index in [1.54, 1.807) is 12.1 Å². The number of aryl methyl sites for hydroxylation is 1. The van der Waals surface area contributed by atoms with E-state index >= 15 is 0 Å². The molecule has 0 aliphatic rings. The van der Waals surface area contributed by atoms with Crippen molar-refractivity contribution in [3.63, 3.8) is 0 Å². The highest BCUT2D eigenvalue weighted by Gasteiger charge is 2.15. The van der Waals surface area contributed by atoms with Crippen LogP contribution in [0.15, 0.2) is 24.3 Å². The zero-order valence-electron chi connectivity index (χ0n) is 10.7. The molecule has 0 saturated carbocycles. The molecule has 0 aliphatic heterocycles. The van der Waals surface area contributed by atoms with Gasteiger partial charge in [-0.15, -0.1) is 10.1 Å². The van der Waals surface area contributed by atoms with Crippen LogP contribution in [0.4, 0.5) is 0 Å². The van der Waals surface area contributed by atoms with Gasteiger partial charge in [0.15, 0.2) is 6.10 Å². The Morgan fingerprint density at radius 2 is 2.05 bits per heavy atom. The van der Waals surface area contributed by atoms with Crippen LogP contribution in [0.2, 0.25) is 0 Å². The number of nitrogens with zero attached hydrogens (tertiary/aromatic N) is 1. The van der Waals surface area contributed by atoms with E-state index in [0.717, 1.165) is 5.56 Å². The van der Waals surface area contributed by atoms with Crippen LogP contribution in [0.3, 0.4) is 0 Å². The molecule has 0 heterocycles. The molecule has 0 aliphatic carbocycles. The normalized spacial score (nSPS) is 11.5. The highest BCUT2D eigenvalue weighted by atomic mass is 17.0. The first-order valence-corrected chi connectivity index (χ1v) is 5.62. The Labute approximate surface area is 110 Å². The summed E-state index contributed by atoms with van der Waals surface area (Å²) < 4.78 is 10.3. The van der Waals surface area contributed by atoms with Crippen molar-refractivity contribution in [2.24, 2.45) is 0 Å². The van der Waals surface area contributed by atoms with Gasteiger partial charge in [-0.05, 0) is 18.6 Å². The van der Waals surface area contributed by atoms with Crippen molar-refractivity contribution in [3.8, 4) is 5.75 Å². The third kappa shape index (κ3) is 5.71. The van der Waals surface area contributed by atoms with Gasteiger partial charge in [0.2, 0.25) is 0 Å². The fourth-order valence-corrected chi connectivity index (χ4v) is 1.40. The number of carbonyl (C=O) groups is 1. The molecule has 0 fully saturated rings. The Morgan fingerprint density at radius 1 is 1.37 bits per heavy atom. The van der Waals surface area contributed by atoms with Crippen molar-refractivity contribution < 1.29 is 24.2 Å². The van der Waals surface area contributed by atoms with Gasteiger partial charge < -0.3 is 14.3 Å². The maximum absolute atomic E-state index is 10.9. The molecular weight excluding hydrogens is 254 g/mol. The molecule has 0 aromatic heterocycles. The minimum atomic E-state index is -0.940. The number of rotatable bonds is 7. The largest absolute Gasteiger partial charge is 0.489 e. The topological polar surface area (TPSA) is 87.9 Å². The molecule has 0 bridgehead atoms. The van der Waals surface area contributed by atoms with E-state index in [2.05, 4.69) is 4.84 Å². The van der Waals surface area contributed by atoms with Gasteiger partial charge in [-0.3, -0.25) is 4.79 Å². The van der Waals surface area contributed by atoms with Crippen LogP contribution in [-0.4, -0.2) is 30.4 Å². The molecule has 0 amide bonds. The van der Waals surface area contributed by atoms with Gasteiger partial charge in [0.1, 0.15) is 19.0 Å². The molecule has 1 atom stereocenters. The highest BCUT2D eigenvalue weighted by Crippen LogP contribution is 2.16. The highest BCUT2D eigenvalue weighted by molar-refractivity contribution is 5.66. The minimum absolute atomic E-state index is 0.0156. The molecule has 1 rings (SSSR count). The molecule has 0 radical (unpaired) electrons. The lowest BCUT2D eigenvalue weighted by molar-refractivity contribution is -0.759. The van der Waals surface area contributed by atoms with Crippen molar-refractivity contribution in [3.05, 3.63) is 39.9 Å². The van der Waals surface area contributed by atoms with E-state index in [0.29, 0.717) is 5.75 Å². The van der Waals surface area contributed by atoms with Crippen LogP contribution >= 0.6 is 0 Å². The van der Waals surface area contributed by atoms with Crippen molar-refractivity contribution in [1.29, 1.82) is 0 Å². The fourth-order valence-electron chi connectivity index (χ4n) is 1.40. The monoisotopic (exact) mass is 269 g/mol. The van der Waals surface area contributed by atoms with E-state index in [-0.39, 0.29) is 13.2 Å². The SMILES string of the molecule is CC(=O)O[C@@H](COc1ccccc1C)CO[N+](=O)[O-]. The van der Waals surface area contributed by atoms with E-state index in [4.69, 9.17) is 9.47 Å². The lowest BCUT2D eigenvalue weighted by Crippen LogP contribution is -2.30. The van der Waals surface area contributed by atoms with Crippen molar-refractivity contribution >= 4 is 5.97 Å². The lowest BCUT2D eigenvalue weighted by atomic mass is 10.2. The molecule has 7 nitrogen and oxygen atoms in total. The predicted molar refractivity (Wildman–Crippen MR) is 65.2 cm³/mol. The Hall–Kier alpha value is -2.31. The van der Waals surface area contributed by atoms with Crippen molar-refractivity contribution in [2.75, 3.05) is 13.2 Å². The average Bonchev–Trinajstić information content (AvgIpc) is 2.33. The second kappa shape index (κ2) is 7.20. The third-order valence-electron chi connectivity index (χ3n) is 2.22. The Kier molecular flexibility index (Phi) is 5.59. The molecule has 19 heavy (non-hydrogen) atoms. The first kappa shape index (κ1) is 14.7. The molecule has 0 N–H and O–H groups in total. The molecule has 0 unspecified atom stereocenters. The van der Waals surface area contributed by atoms with Crippen LogP contribution in [0.1, 0.15) is 12.5 Å². The van der Waals surface area contributed by atoms with Crippen LogP contribution in [-0.2, 0) is 14.4 Å². The molecular formula is C12H15NO6. The van der Waals surface area contributed by atoms with Gasteiger partial charge >= 0.3 is 5.97 Å². The molecule has 0 spiro atoms. The second-order valence-corrected chi connectivity index (χ2v) is 3.83. The fraction of sp³-hybridized carbons (Fsp3) is 0.417. The standard InChI is InChI=1S/C12H15NO6/c1-9-5-3-4-6-12(9)17-7-11(19-10(2)14)8-18-13(15)16/h3-6,11H,7-8H2,1-2H3/t11-/m0/s1. The molecule has 0 saturated heterocycles. The number of benzene rings is 1. The Bertz CT molecular complexity index is 448. The zero-order valence-corrected chi connectivity index (χ0v) is 10.7. The van der Waals surface area contributed by atoms with Crippen LogP contribution in [0, 0.1) is 17.0 Å². The number of carbonyl (C=O) groups excluding carboxylic acids is 1. The number of hydrogen-bond donors (Lipinski definition) is 0. The van der Waals surface area contributed by atoms with E-state index in [1.165, 1.54) is 6.92 Å². The summed E-state index contributed by atoms with van der Waals surface area (Å²) >= 11 is 0. The van der Waals surface area contributed by atoms with Crippen molar-refractivity contribution in [2.45, 2.75) is 20.0 Å². The van der Waals surface area contributed by atoms with E-state index in [1.807, 2.05) is 19.1 Å². The number of hydrogen-bond acceptors (Lipinski definition) is 6. The Morgan fingerprint density at radius 3 is 2.63 bits per heavy atom. The van der Waals surface area contributed by atoms with Crippen LogP contribution < -0.4 is 4.74 Å². The first-order valence-electron chi connectivity index (χ1n) is 5.62. The van der Waals surface area contributed by atoms with Crippen molar-refractivity contribution in [1.82, 2.24) is 0 Å². The molecule has 7 heteroatoms. The summed E-state index contributed by atoms with van der Waals surface area (Å²) in [6.45, 7) is 2.70. The van der Waals surface area contributed by atoms with Gasteiger partial charge in [0.25, 0.3) is 5.09 Å². The van der Waals surface area contributed by atoms with Gasteiger partial charge in [-0.2, -0.15) is 0 Å². The molecule has 1 aromatic rings. The van der Waals surface area contributed by atoms with Gasteiger partial charge in [-0.1, -0.05) is 18.2 Å². The number of esters is 1. The lowest BCUT2D eigenvalue weighted by Gasteiger charge is -2.17. The summed E-state index contributed by atoms with van der Waals surface area (Å²) in [5, 5.41) is 9.18. The Balaban J connectivity index is 2.54. The maximum Gasteiger partial charge on any atom is 0.303 e. The van der Waals surface area contributed by atoms with Gasteiger partial charge in [-0.25, -0.2) is 0 Å². The summed E-state index contributed by atoms with van der Waals surface area (Å²) in [5.74, 6) is 0.0751. The summed E-state index contributed by atoms with van der Waals surface area (Å²) in [6, 6.07) is 7.29. The third-order valence-corrected chi connectivity index (χ3v) is 2.22. The van der Waals surface area contributed by atoms with E-state index < -0.39 is 17.2 Å². The smallest absolute Gasteiger partial charge is 0.303 e. The predicted octanol–water partition coefficient (Wildman–Crippen LogP) is 1.51. The number of ether oxygens (including phenoxy) is 2. The molecule has 104 valence electrons. The van der Waals surface area contributed by atoms with Gasteiger partial charge in [0, 0.05) is 6.92 Å². The molecule has 1 aromatic carbocycles. The summed E-state index contributed by atoms with van der Waals surface area (Å²) in [6.07, 6.45) is -0.831. The maximum atomic E-state index is 10.9. The zero-order chi connectivity index (χ0) is 14.3. The summed E-state index contributed by atoms with van der Waals surface area (Å²) in [5.41, 5.74) is 0.916. The van der Waals surface area contributed by atoms with Gasteiger partial charge in [0.05, 0.1) is 0 Å². The average molecular weight is 269 g/mol. The van der Waals surface area contributed by atoms with Crippen LogP contribution in [0.5, 0.6) is 5.75 Å². The quantitative estimate of drug-likeness (QED) is 0.423. The summed E-state index contributed by atoms with van der Waals surface area (Å²) in [7, 11) is 0.